The van der Waals surface area contributed by atoms with Crippen LogP contribution in [0, 0.1) is 17.2 Å². The fourth-order valence-corrected chi connectivity index (χ4v) is 3.80. The second-order valence-electron chi connectivity index (χ2n) is 6.96. The highest BCUT2D eigenvalue weighted by atomic mass is 19.1. The molecule has 128 valence electrons. The van der Waals surface area contributed by atoms with Crippen molar-refractivity contribution < 1.29 is 14.0 Å². The third-order valence-corrected chi connectivity index (χ3v) is 5.29. The lowest BCUT2D eigenvalue weighted by Crippen LogP contribution is -2.29. The van der Waals surface area contributed by atoms with Crippen LogP contribution in [0.1, 0.15) is 23.2 Å². The van der Waals surface area contributed by atoms with Crippen molar-refractivity contribution in [3.05, 3.63) is 66.0 Å². The lowest BCUT2D eigenvalue weighted by Gasteiger charge is -2.16. The second kappa shape index (κ2) is 5.99. The lowest BCUT2D eigenvalue weighted by atomic mass is 10.0. The van der Waals surface area contributed by atoms with Gasteiger partial charge in [-0.15, -0.1) is 0 Å². The average molecular weight is 338 g/mol. The Balaban J connectivity index is 1.39. The van der Waals surface area contributed by atoms with Gasteiger partial charge in [0.15, 0.2) is 0 Å². The summed E-state index contributed by atoms with van der Waals surface area (Å²) < 4.78 is 13.2. The van der Waals surface area contributed by atoms with Crippen LogP contribution in [-0.4, -0.2) is 29.8 Å². The predicted octanol–water partition coefficient (Wildman–Crippen LogP) is 3.32. The number of anilines is 1. The van der Waals surface area contributed by atoms with Crippen molar-refractivity contribution in [1.29, 1.82) is 0 Å². The van der Waals surface area contributed by atoms with Crippen molar-refractivity contribution >= 4 is 17.5 Å². The molecule has 1 aliphatic carbocycles. The van der Waals surface area contributed by atoms with Crippen LogP contribution in [-0.2, 0) is 4.79 Å². The number of carbonyl (C=O) groups is 2. The summed E-state index contributed by atoms with van der Waals surface area (Å²) >= 11 is 0. The van der Waals surface area contributed by atoms with Gasteiger partial charge in [0.05, 0.1) is 0 Å². The topological polar surface area (TPSA) is 49.4 Å². The standard InChI is InChI=1S/C20H19FN2O2/c21-15-7-4-8-16(11-15)22-18(24)17-12-20(17)9-10-23(13-20)19(25)14-5-2-1-3-6-14/h1-8,11,17H,9-10,12-13H2,(H,22,24). The van der Waals surface area contributed by atoms with E-state index in [4.69, 9.17) is 0 Å². The molecule has 2 atom stereocenters. The fraction of sp³-hybridized carbons (Fsp3) is 0.300. The summed E-state index contributed by atoms with van der Waals surface area (Å²) in [6, 6.07) is 15.1. The summed E-state index contributed by atoms with van der Waals surface area (Å²) in [4.78, 5) is 26.8. The molecular weight excluding hydrogens is 319 g/mol. The molecule has 1 N–H and O–H groups in total. The highest BCUT2D eigenvalue weighted by Crippen LogP contribution is 2.58. The van der Waals surface area contributed by atoms with Gasteiger partial charge in [0.1, 0.15) is 5.82 Å². The Hall–Kier alpha value is -2.69. The van der Waals surface area contributed by atoms with Crippen molar-refractivity contribution in [2.75, 3.05) is 18.4 Å². The Bertz CT molecular complexity index is 823. The smallest absolute Gasteiger partial charge is 0.253 e. The maximum Gasteiger partial charge on any atom is 0.253 e. The van der Waals surface area contributed by atoms with Gasteiger partial charge in [0.2, 0.25) is 5.91 Å². The third kappa shape index (κ3) is 3.02. The molecule has 0 bridgehead atoms. The van der Waals surface area contributed by atoms with Gasteiger partial charge in [0, 0.05) is 35.7 Å². The monoisotopic (exact) mass is 338 g/mol. The molecule has 1 spiro atoms. The Kier molecular flexibility index (Phi) is 3.79. The maximum atomic E-state index is 13.2. The first-order valence-electron chi connectivity index (χ1n) is 8.48. The SMILES string of the molecule is O=C(Nc1cccc(F)c1)C1CC12CCN(C(=O)c1ccccc1)C2. The van der Waals surface area contributed by atoms with Gasteiger partial charge in [-0.2, -0.15) is 0 Å². The van der Waals surface area contributed by atoms with Crippen LogP contribution >= 0.6 is 0 Å². The van der Waals surface area contributed by atoms with Gasteiger partial charge in [0.25, 0.3) is 5.91 Å². The Morgan fingerprint density at radius 3 is 2.68 bits per heavy atom. The molecule has 4 nitrogen and oxygen atoms in total. The number of hydrogen-bond acceptors (Lipinski definition) is 2. The number of amides is 2. The summed E-state index contributed by atoms with van der Waals surface area (Å²) in [6.45, 7) is 1.29. The largest absolute Gasteiger partial charge is 0.338 e. The summed E-state index contributed by atoms with van der Waals surface area (Å²) in [5, 5.41) is 2.79. The second-order valence-corrected chi connectivity index (χ2v) is 6.96. The molecule has 1 heterocycles. The number of nitrogens with one attached hydrogen (secondary N) is 1. The number of nitrogens with zero attached hydrogens (tertiary/aromatic N) is 1. The summed E-state index contributed by atoms with van der Waals surface area (Å²) in [6.07, 6.45) is 1.62. The molecule has 5 heteroatoms. The van der Waals surface area contributed by atoms with Gasteiger partial charge in [-0.05, 0) is 43.2 Å². The van der Waals surface area contributed by atoms with Gasteiger partial charge >= 0.3 is 0 Å². The first kappa shape index (κ1) is 15.8. The minimum absolute atomic E-state index is 0.0219. The van der Waals surface area contributed by atoms with Crippen LogP contribution < -0.4 is 5.32 Å². The van der Waals surface area contributed by atoms with Crippen molar-refractivity contribution in [1.82, 2.24) is 4.90 Å². The van der Waals surface area contributed by atoms with Gasteiger partial charge in [-0.1, -0.05) is 24.3 Å². The fourth-order valence-electron chi connectivity index (χ4n) is 3.80. The van der Waals surface area contributed by atoms with Crippen LogP contribution in [0.2, 0.25) is 0 Å². The zero-order valence-corrected chi connectivity index (χ0v) is 13.7. The highest BCUT2D eigenvalue weighted by Gasteiger charge is 2.61. The molecule has 2 amide bonds. The molecule has 1 saturated heterocycles. The van der Waals surface area contributed by atoms with E-state index in [1.165, 1.54) is 12.1 Å². The summed E-state index contributed by atoms with van der Waals surface area (Å²) in [7, 11) is 0. The van der Waals surface area contributed by atoms with Crippen LogP contribution in [0.25, 0.3) is 0 Å². The normalized spacial score (nSPS) is 24.4. The number of hydrogen-bond donors (Lipinski definition) is 1. The van der Waals surface area contributed by atoms with E-state index in [9.17, 15) is 14.0 Å². The number of likely N-dealkylation sites (tertiary alicyclic amines) is 1. The van der Waals surface area contributed by atoms with E-state index >= 15 is 0 Å². The first-order valence-corrected chi connectivity index (χ1v) is 8.48. The number of rotatable bonds is 3. The van der Waals surface area contributed by atoms with E-state index < -0.39 is 0 Å². The van der Waals surface area contributed by atoms with Crippen molar-refractivity contribution in [2.45, 2.75) is 12.8 Å². The number of halogens is 1. The highest BCUT2D eigenvalue weighted by molar-refractivity contribution is 5.96. The zero-order chi connectivity index (χ0) is 17.4. The Morgan fingerprint density at radius 2 is 1.92 bits per heavy atom. The minimum atomic E-state index is -0.371. The molecular formula is C20H19FN2O2. The molecule has 0 radical (unpaired) electrons. The Morgan fingerprint density at radius 1 is 1.12 bits per heavy atom. The molecule has 0 aromatic heterocycles. The molecule has 1 aliphatic heterocycles. The van der Waals surface area contributed by atoms with E-state index in [0.29, 0.717) is 24.3 Å². The lowest BCUT2D eigenvalue weighted by molar-refractivity contribution is -0.118. The van der Waals surface area contributed by atoms with Crippen molar-refractivity contribution in [3.63, 3.8) is 0 Å². The molecule has 1 saturated carbocycles. The van der Waals surface area contributed by atoms with E-state index in [0.717, 1.165) is 12.8 Å². The molecule has 2 unspecified atom stereocenters. The van der Waals surface area contributed by atoms with Gasteiger partial charge < -0.3 is 10.2 Å². The van der Waals surface area contributed by atoms with E-state index in [1.54, 1.807) is 12.1 Å². The van der Waals surface area contributed by atoms with Crippen LogP contribution in [0.5, 0.6) is 0 Å². The Labute approximate surface area is 145 Å². The molecule has 2 fully saturated rings. The third-order valence-electron chi connectivity index (χ3n) is 5.29. The van der Waals surface area contributed by atoms with Crippen molar-refractivity contribution in [3.8, 4) is 0 Å². The van der Waals surface area contributed by atoms with E-state index in [-0.39, 0.29) is 29.0 Å². The molecule has 2 aliphatic rings. The first-order chi connectivity index (χ1) is 12.1. The van der Waals surface area contributed by atoms with E-state index in [1.807, 2.05) is 35.2 Å². The van der Waals surface area contributed by atoms with Crippen LogP contribution in [0.4, 0.5) is 10.1 Å². The predicted molar refractivity (Wildman–Crippen MR) is 92.5 cm³/mol. The number of benzene rings is 2. The van der Waals surface area contributed by atoms with Crippen molar-refractivity contribution in [2.24, 2.45) is 11.3 Å². The zero-order valence-electron chi connectivity index (χ0n) is 13.7. The van der Waals surface area contributed by atoms with Crippen LogP contribution in [0.3, 0.4) is 0 Å². The molecule has 4 rings (SSSR count). The molecule has 25 heavy (non-hydrogen) atoms. The number of carbonyl (C=O) groups excluding carboxylic acids is 2. The summed E-state index contributed by atoms with van der Waals surface area (Å²) in [5.74, 6) is -0.540. The quantitative estimate of drug-likeness (QED) is 0.933. The minimum Gasteiger partial charge on any atom is -0.338 e. The van der Waals surface area contributed by atoms with E-state index in [2.05, 4.69) is 5.32 Å². The van der Waals surface area contributed by atoms with Crippen LogP contribution in [0.15, 0.2) is 54.6 Å². The average Bonchev–Trinajstić information content (AvgIpc) is 3.16. The summed E-state index contributed by atoms with van der Waals surface area (Å²) in [5.41, 5.74) is 1.05. The van der Waals surface area contributed by atoms with Gasteiger partial charge in [-0.3, -0.25) is 9.59 Å². The van der Waals surface area contributed by atoms with Gasteiger partial charge in [-0.25, -0.2) is 4.39 Å². The maximum absolute atomic E-state index is 13.2. The molecule has 2 aromatic carbocycles. The molecule has 2 aromatic rings.